The van der Waals surface area contributed by atoms with E-state index in [0.29, 0.717) is 13.1 Å². The molecule has 1 aliphatic rings. The topological polar surface area (TPSA) is 75.7 Å². The maximum Gasteiger partial charge on any atom is 0.308 e. The van der Waals surface area contributed by atoms with Gasteiger partial charge in [0.2, 0.25) is 5.91 Å². The van der Waals surface area contributed by atoms with Crippen molar-refractivity contribution >= 4 is 28.9 Å². The van der Waals surface area contributed by atoms with Gasteiger partial charge in [0.15, 0.2) is 0 Å². The number of rotatable bonds is 8. The van der Waals surface area contributed by atoms with Crippen LogP contribution in [0.5, 0.6) is 0 Å². The molecule has 25 heavy (non-hydrogen) atoms. The van der Waals surface area contributed by atoms with Gasteiger partial charge in [0.1, 0.15) is 0 Å². The molecule has 136 valence electrons. The standard InChI is InChI=1S/C18H24N2O4S/c1-13(2)24-17(22)12-15(14-6-4-3-5-7-14)19-16(21)8-9-20-10-11-25-18(20)23/h3-7,13,15H,8-12H2,1-2H3,(H,19,21). The van der Waals surface area contributed by atoms with Gasteiger partial charge in [-0.25, -0.2) is 0 Å². The summed E-state index contributed by atoms with van der Waals surface area (Å²) in [5.41, 5.74) is 0.851. The first-order valence-corrected chi connectivity index (χ1v) is 9.39. The molecule has 0 radical (unpaired) electrons. The summed E-state index contributed by atoms with van der Waals surface area (Å²) in [6.45, 7) is 4.66. The predicted octanol–water partition coefficient (Wildman–Crippen LogP) is 2.74. The van der Waals surface area contributed by atoms with Crippen molar-refractivity contribution in [3.63, 3.8) is 0 Å². The highest BCUT2D eigenvalue weighted by Crippen LogP contribution is 2.19. The third-order valence-electron chi connectivity index (χ3n) is 3.73. The van der Waals surface area contributed by atoms with Crippen LogP contribution >= 0.6 is 11.8 Å². The molecule has 0 aliphatic carbocycles. The number of amides is 2. The molecule has 0 saturated carbocycles. The molecule has 0 spiro atoms. The first kappa shape index (κ1) is 19.3. The minimum absolute atomic E-state index is 0.0212. The van der Waals surface area contributed by atoms with Crippen LogP contribution in [0.2, 0.25) is 0 Å². The van der Waals surface area contributed by atoms with Gasteiger partial charge in [0.25, 0.3) is 5.24 Å². The number of nitrogens with one attached hydrogen (secondary N) is 1. The van der Waals surface area contributed by atoms with Crippen LogP contribution in [0.4, 0.5) is 4.79 Å². The molecular weight excluding hydrogens is 340 g/mol. The van der Waals surface area contributed by atoms with E-state index in [9.17, 15) is 14.4 Å². The van der Waals surface area contributed by atoms with Crippen LogP contribution in [0, 0.1) is 0 Å². The summed E-state index contributed by atoms with van der Waals surface area (Å²) in [5, 5.41) is 2.91. The first-order valence-electron chi connectivity index (χ1n) is 8.41. The summed E-state index contributed by atoms with van der Waals surface area (Å²) in [7, 11) is 0. The van der Waals surface area contributed by atoms with E-state index in [1.54, 1.807) is 18.7 Å². The van der Waals surface area contributed by atoms with Crippen LogP contribution in [-0.4, -0.2) is 47.0 Å². The van der Waals surface area contributed by atoms with E-state index in [2.05, 4.69) is 5.32 Å². The van der Waals surface area contributed by atoms with Gasteiger partial charge in [-0.15, -0.1) is 0 Å². The van der Waals surface area contributed by atoms with Gasteiger partial charge >= 0.3 is 5.97 Å². The Morgan fingerprint density at radius 1 is 1.28 bits per heavy atom. The maximum atomic E-state index is 12.3. The van der Waals surface area contributed by atoms with Gasteiger partial charge in [0, 0.05) is 25.3 Å². The van der Waals surface area contributed by atoms with E-state index >= 15 is 0 Å². The Bertz CT molecular complexity index is 606. The Kier molecular flexibility index (Phi) is 7.31. The van der Waals surface area contributed by atoms with Gasteiger partial charge in [-0.1, -0.05) is 42.1 Å². The SMILES string of the molecule is CC(C)OC(=O)CC(NC(=O)CCN1CCSC1=O)c1ccccc1. The molecule has 1 fully saturated rings. The van der Waals surface area contributed by atoms with Crippen LogP contribution in [0.3, 0.4) is 0 Å². The fourth-order valence-electron chi connectivity index (χ4n) is 2.55. The zero-order valence-electron chi connectivity index (χ0n) is 14.6. The number of hydrogen-bond acceptors (Lipinski definition) is 5. The zero-order valence-corrected chi connectivity index (χ0v) is 15.4. The zero-order chi connectivity index (χ0) is 18.2. The van der Waals surface area contributed by atoms with E-state index in [-0.39, 0.29) is 36.1 Å². The quantitative estimate of drug-likeness (QED) is 0.718. The lowest BCUT2D eigenvalue weighted by molar-refractivity contribution is -0.148. The number of benzene rings is 1. The molecule has 2 rings (SSSR count). The Labute approximate surface area is 152 Å². The van der Waals surface area contributed by atoms with Crippen molar-refractivity contribution in [3.05, 3.63) is 35.9 Å². The number of carbonyl (C=O) groups excluding carboxylic acids is 3. The molecule has 7 heteroatoms. The number of ether oxygens (including phenoxy) is 1. The lowest BCUT2D eigenvalue weighted by Crippen LogP contribution is -2.34. The Hall–Kier alpha value is -2.02. The number of carbonyl (C=O) groups is 3. The average molecular weight is 364 g/mol. The van der Waals surface area contributed by atoms with Crippen molar-refractivity contribution in [1.29, 1.82) is 0 Å². The second-order valence-corrected chi connectivity index (χ2v) is 7.17. The normalized spacial score (nSPS) is 15.3. The van der Waals surface area contributed by atoms with Crippen molar-refractivity contribution in [2.75, 3.05) is 18.8 Å². The summed E-state index contributed by atoms with van der Waals surface area (Å²) in [6.07, 6.45) is 0.0969. The van der Waals surface area contributed by atoms with Crippen molar-refractivity contribution in [2.45, 2.75) is 38.8 Å². The molecule has 6 nitrogen and oxygen atoms in total. The number of hydrogen-bond donors (Lipinski definition) is 1. The maximum absolute atomic E-state index is 12.3. The molecule has 0 aromatic heterocycles. The molecule has 1 N–H and O–H groups in total. The molecule has 1 heterocycles. The van der Waals surface area contributed by atoms with E-state index in [0.717, 1.165) is 11.3 Å². The third kappa shape index (κ3) is 6.42. The van der Waals surface area contributed by atoms with E-state index < -0.39 is 6.04 Å². The Balaban J connectivity index is 1.93. The van der Waals surface area contributed by atoms with Crippen LogP contribution in [0.25, 0.3) is 0 Å². The summed E-state index contributed by atoms with van der Waals surface area (Å²) >= 11 is 1.28. The molecular formula is C18H24N2O4S. The molecule has 2 amide bonds. The smallest absolute Gasteiger partial charge is 0.308 e. The van der Waals surface area contributed by atoms with Gasteiger partial charge in [0.05, 0.1) is 18.6 Å². The van der Waals surface area contributed by atoms with Crippen LogP contribution in [-0.2, 0) is 14.3 Å². The van der Waals surface area contributed by atoms with Gasteiger partial charge in [-0.05, 0) is 19.4 Å². The molecule has 1 saturated heterocycles. The molecule has 1 unspecified atom stereocenters. The van der Waals surface area contributed by atoms with E-state index in [4.69, 9.17) is 4.74 Å². The highest BCUT2D eigenvalue weighted by Gasteiger charge is 2.23. The lowest BCUT2D eigenvalue weighted by atomic mass is 10.0. The van der Waals surface area contributed by atoms with Crippen LogP contribution in [0.15, 0.2) is 30.3 Å². The van der Waals surface area contributed by atoms with E-state index in [1.165, 1.54) is 11.8 Å². The summed E-state index contributed by atoms with van der Waals surface area (Å²) in [6, 6.07) is 8.90. The fourth-order valence-corrected chi connectivity index (χ4v) is 3.40. The Morgan fingerprint density at radius 2 is 2.00 bits per heavy atom. The number of nitrogens with zero attached hydrogens (tertiary/aromatic N) is 1. The summed E-state index contributed by atoms with van der Waals surface area (Å²) in [5.74, 6) is 0.236. The second-order valence-electron chi connectivity index (χ2n) is 6.12. The molecule has 0 bridgehead atoms. The third-order valence-corrected chi connectivity index (χ3v) is 4.62. The monoisotopic (exact) mass is 364 g/mol. The molecule has 1 aromatic rings. The van der Waals surface area contributed by atoms with Gasteiger partial charge in [-0.2, -0.15) is 0 Å². The number of esters is 1. The molecule has 1 aromatic carbocycles. The average Bonchev–Trinajstić information content (AvgIpc) is 2.97. The minimum Gasteiger partial charge on any atom is -0.463 e. The lowest BCUT2D eigenvalue weighted by Gasteiger charge is -2.20. The molecule has 1 aliphatic heterocycles. The number of thioether (sulfide) groups is 1. The van der Waals surface area contributed by atoms with E-state index in [1.807, 2.05) is 30.3 Å². The summed E-state index contributed by atoms with van der Waals surface area (Å²) < 4.78 is 5.19. The van der Waals surface area contributed by atoms with Crippen LogP contribution < -0.4 is 5.32 Å². The van der Waals surface area contributed by atoms with Gasteiger partial charge in [-0.3, -0.25) is 14.4 Å². The Morgan fingerprint density at radius 3 is 2.60 bits per heavy atom. The largest absolute Gasteiger partial charge is 0.463 e. The highest BCUT2D eigenvalue weighted by molar-refractivity contribution is 8.13. The van der Waals surface area contributed by atoms with Gasteiger partial charge < -0.3 is 15.0 Å². The molecule has 1 atom stereocenters. The van der Waals surface area contributed by atoms with Crippen LogP contribution in [0.1, 0.15) is 38.3 Å². The first-order chi connectivity index (χ1) is 12.0. The predicted molar refractivity (Wildman–Crippen MR) is 97.2 cm³/mol. The fraction of sp³-hybridized carbons (Fsp3) is 0.500. The minimum atomic E-state index is -0.441. The highest BCUT2D eigenvalue weighted by atomic mass is 32.2. The van der Waals surface area contributed by atoms with Crippen molar-refractivity contribution in [3.8, 4) is 0 Å². The van der Waals surface area contributed by atoms with Crippen molar-refractivity contribution < 1.29 is 19.1 Å². The van der Waals surface area contributed by atoms with Crippen molar-refractivity contribution in [1.82, 2.24) is 10.2 Å². The second kappa shape index (κ2) is 9.46. The summed E-state index contributed by atoms with van der Waals surface area (Å²) in [4.78, 5) is 37.5. The van der Waals surface area contributed by atoms with Crippen molar-refractivity contribution in [2.24, 2.45) is 0 Å².